The number of aromatic nitrogens is 3. The van der Waals surface area contributed by atoms with Gasteiger partial charge in [-0.25, -0.2) is 4.68 Å². The molecule has 5 nitrogen and oxygen atoms in total. The lowest BCUT2D eigenvalue weighted by Gasteiger charge is -2.26. The first-order chi connectivity index (χ1) is 9.75. The maximum atomic E-state index is 5.57. The number of nitrogens with zero attached hydrogens (tertiary/aromatic N) is 4. The van der Waals surface area contributed by atoms with Crippen LogP contribution in [0.5, 0.6) is 0 Å². The molecule has 6 heteroatoms. The van der Waals surface area contributed by atoms with Crippen molar-refractivity contribution in [3.8, 4) is 5.69 Å². The van der Waals surface area contributed by atoms with E-state index in [-0.39, 0.29) is 0 Å². The van der Waals surface area contributed by atoms with Crippen LogP contribution in [0.4, 0.5) is 0 Å². The number of rotatable bonds is 3. The summed E-state index contributed by atoms with van der Waals surface area (Å²) in [6.07, 6.45) is 0. The van der Waals surface area contributed by atoms with Crippen LogP contribution < -0.4 is 0 Å². The van der Waals surface area contributed by atoms with Crippen molar-refractivity contribution in [3.63, 3.8) is 0 Å². The highest BCUT2D eigenvalue weighted by Crippen LogP contribution is 2.12. The highest BCUT2D eigenvalue weighted by atomic mass is 32.1. The maximum Gasteiger partial charge on any atom is 0.203 e. The van der Waals surface area contributed by atoms with Crippen molar-refractivity contribution >= 4 is 12.2 Å². The van der Waals surface area contributed by atoms with Crippen molar-refractivity contribution in [2.24, 2.45) is 0 Å². The van der Waals surface area contributed by atoms with Gasteiger partial charge in [-0.2, -0.15) is 5.10 Å². The van der Waals surface area contributed by atoms with E-state index in [0.29, 0.717) is 0 Å². The number of hydrogen-bond donors (Lipinski definition) is 0. The molecule has 0 atom stereocenters. The summed E-state index contributed by atoms with van der Waals surface area (Å²) in [5.41, 5.74) is 1.06. The molecule has 1 saturated heterocycles. The zero-order chi connectivity index (χ0) is 13.9. The Labute approximate surface area is 123 Å². The highest BCUT2D eigenvalue weighted by molar-refractivity contribution is 7.71. The Hall–Kier alpha value is -1.50. The van der Waals surface area contributed by atoms with Crippen molar-refractivity contribution in [1.29, 1.82) is 0 Å². The molecule has 1 aromatic heterocycles. The van der Waals surface area contributed by atoms with E-state index in [4.69, 9.17) is 17.0 Å². The number of aryl methyl sites for hydroxylation is 1. The number of benzene rings is 1. The van der Waals surface area contributed by atoms with E-state index < -0.39 is 0 Å². The van der Waals surface area contributed by atoms with Crippen molar-refractivity contribution in [3.05, 3.63) is 40.9 Å². The molecule has 3 rings (SSSR count). The van der Waals surface area contributed by atoms with E-state index in [2.05, 4.69) is 10.00 Å². The molecule has 1 aliphatic heterocycles. The fraction of sp³-hybridized carbons (Fsp3) is 0.429. The average Bonchev–Trinajstić information content (AvgIpc) is 2.75. The second-order valence-corrected chi connectivity index (χ2v) is 5.24. The molecule has 2 aromatic rings. The minimum atomic E-state index is 0.725. The zero-order valence-electron chi connectivity index (χ0n) is 11.5. The summed E-state index contributed by atoms with van der Waals surface area (Å²) in [6.45, 7) is 6.14. The Morgan fingerprint density at radius 1 is 1.20 bits per heavy atom. The molecule has 0 N–H and O–H groups in total. The molecule has 1 fully saturated rings. The third-order valence-electron chi connectivity index (χ3n) is 3.45. The van der Waals surface area contributed by atoms with Crippen LogP contribution in [0.3, 0.4) is 0 Å². The normalized spacial score (nSPS) is 16.4. The maximum absolute atomic E-state index is 5.57. The van der Waals surface area contributed by atoms with Crippen LogP contribution >= 0.6 is 12.2 Å². The smallest absolute Gasteiger partial charge is 0.203 e. The summed E-state index contributed by atoms with van der Waals surface area (Å²) in [6, 6.07) is 10.1. The Balaban J connectivity index is 1.89. The Bertz CT molecular complexity index is 628. The van der Waals surface area contributed by atoms with Crippen LogP contribution in [0.1, 0.15) is 5.82 Å². The minimum Gasteiger partial charge on any atom is -0.379 e. The van der Waals surface area contributed by atoms with Crippen LogP contribution in [0.25, 0.3) is 5.69 Å². The summed E-state index contributed by atoms with van der Waals surface area (Å²) >= 11 is 5.57. The Morgan fingerprint density at radius 2 is 1.90 bits per heavy atom. The van der Waals surface area contributed by atoms with Gasteiger partial charge in [-0.1, -0.05) is 18.2 Å². The van der Waals surface area contributed by atoms with E-state index in [1.165, 1.54) is 0 Å². The summed E-state index contributed by atoms with van der Waals surface area (Å²) in [7, 11) is 0. The molecule has 0 amide bonds. The number of para-hydroxylation sites is 1. The summed E-state index contributed by atoms with van der Waals surface area (Å²) < 4.78 is 10.0. The van der Waals surface area contributed by atoms with Gasteiger partial charge >= 0.3 is 0 Å². The van der Waals surface area contributed by atoms with E-state index in [1.54, 1.807) is 0 Å². The topological polar surface area (TPSA) is 35.2 Å². The molecular formula is C14H18N4OS. The fourth-order valence-electron chi connectivity index (χ4n) is 2.41. The van der Waals surface area contributed by atoms with Crippen LogP contribution in [0.2, 0.25) is 0 Å². The predicted molar refractivity (Wildman–Crippen MR) is 79.5 cm³/mol. The lowest BCUT2D eigenvalue weighted by atomic mass is 10.3. The van der Waals surface area contributed by atoms with Crippen LogP contribution in [-0.2, 0) is 11.4 Å². The van der Waals surface area contributed by atoms with Gasteiger partial charge in [-0.05, 0) is 31.3 Å². The van der Waals surface area contributed by atoms with Crippen LogP contribution in [0.15, 0.2) is 30.3 Å². The van der Waals surface area contributed by atoms with Gasteiger partial charge in [-0.15, -0.1) is 0 Å². The lowest BCUT2D eigenvalue weighted by molar-refractivity contribution is 0.0209. The molecule has 0 saturated carbocycles. The fourth-order valence-corrected chi connectivity index (χ4v) is 2.75. The Morgan fingerprint density at radius 3 is 2.60 bits per heavy atom. The van der Waals surface area contributed by atoms with Gasteiger partial charge in [0.2, 0.25) is 4.77 Å². The SMILES string of the molecule is Cc1nn(CN2CCOCC2)c(=S)n1-c1ccccc1. The summed E-state index contributed by atoms with van der Waals surface area (Å²) in [5.74, 6) is 0.912. The first-order valence-electron chi connectivity index (χ1n) is 6.78. The standard InChI is InChI=1S/C14H18N4OS/c1-12-15-17(11-16-7-9-19-10-8-16)14(20)18(12)13-5-3-2-4-6-13/h2-6H,7-11H2,1H3. The molecule has 1 aliphatic rings. The third kappa shape index (κ3) is 2.67. The van der Waals surface area contributed by atoms with Crippen molar-refractivity contribution in [1.82, 2.24) is 19.2 Å². The first kappa shape index (κ1) is 13.5. The molecular weight excluding hydrogens is 272 g/mol. The molecule has 20 heavy (non-hydrogen) atoms. The first-order valence-corrected chi connectivity index (χ1v) is 7.18. The largest absolute Gasteiger partial charge is 0.379 e. The van der Waals surface area contributed by atoms with Crippen LogP contribution in [-0.4, -0.2) is 45.6 Å². The van der Waals surface area contributed by atoms with Crippen molar-refractivity contribution < 1.29 is 4.74 Å². The van der Waals surface area contributed by atoms with Gasteiger partial charge in [0, 0.05) is 18.8 Å². The van der Waals surface area contributed by atoms with Gasteiger partial charge in [0.05, 0.1) is 19.9 Å². The van der Waals surface area contributed by atoms with E-state index in [1.807, 2.05) is 46.5 Å². The average molecular weight is 290 g/mol. The highest BCUT2D eigenvalue weighted by Gasteiger charge is 2.14. The van der Waals surface area contributed by atoms with Crippen molar-refractivity contribution in [2.45, 2.75) is 13.6 Å². The zero-order valence-corrected chi connectivity index (χ0v) is 12.3. The van der Waals surface area contributed by atoms with Gasteiger partial charge < -0.3 is 4.74 Å². The monoisotopic (exact) mass is 290 g/mol. The second kappa shape index (κ2) is 5.87. The van der Waals surface area contributed by atoms with Crippen molar-refractivity contribution in [2.75, 3.05) is 26.3 Å². The van der Waals surface area contributed by atoms with Gasteiger partial charge in [0.25, 0.3) is 0 Å². The molecule has 0 spiro atoms. The molecule has 2 heterocycles. The van der Waals surface area contributed by atoms with Gasteiger partial charge in [0.1, 0.15) is 5.82 Å². The van der Waals surface area contributed by atoms with E-state index in [0.717, 1.165) is 49.3 Å². The molecule has 0 aliphatic carbocycles. The molecule has 0 unspecified atom stereocenters. The lowest BCUT2D eigenvalue weighted by Crippen LogP contribution is -2.37. The molecule has 1 aromatic carbocycles. The molecule has 0 bridgehead atoms. The molecule has 106 valence electrons. The van der Waals surface area contributed by atoms with Crippen LogP contribution in [0, 0.1) is 11.7 Å². The second-order valence-electron chi connectivity index (χ2n) is 4.87. The quantitative estimate of drug-likeness (QED) is 0.810. The van der Waals surface area contributed by atoms with E-state index in [9.17, 15) is 0 Å². The Kier molecular flexibility index (Phi) is 3.95. The number of ether oxygens (including phenoxy) is 1. The third-order valence-corrected chi connectivity index (χ3v) is 3.85. The number of morpholine rings is 1. The van der Waals surface area contributed by atoms with E-state index >= 15 is 0 Å². The van der Waals surface area contributed by atoms with Gasteiger partial charge in [0.15, 0.2) is 0 Å². The number of hydrogen-bond acceptors (Lipinski definition) is 4. The summed E-state index contributed by atoms with van der Waals surface area (Å²) in [4.78, 5) is 2.31. The minimum absolute atomic E-state index is 0.725. The predicted octanol–water partition coefficient (Wildman–Crippen LogP) is 2.00. The van der Waals surface area contributed by atoms with Gasteiger partial charge in [-0.3, -0.25) is 9.47 Å². The summed E-state index contributed by atoms with van der Waals surface area (Å²) in [5, 5.41) is 4.57. The molecule has 0 radical (unpaired) electrons.